The Hall–Kier alpha value is -2.34. The molecule has 0 heterocycles. The lowest BCUT2D eigenvalue weighted by molar-refractivity contribution is 0.327. The quantitative estimate of drug-likeness (QED) is 0.385. The number of rotatable bonds is 8. The number of nitrogens with zero attached hydrogens (tertiary/aromatic N) is 3. The molecule has 0 radical (unpaired) electrons. The van der Waals surface area contributed by atoms with Gasteiger partial charge in [0.2, 0.25) is 0 Å². The van der Waals surface area contributed by atoms with Gasteiger partial charge in [-0.05, 0) is 81.0 Å². The van der Waals surface area contributed by atoms with Crippen LogP contribution in [-0.4, -0.2) is 41.8 Å². The van der Waals surface area contributed by atoms with E-state index in [4.69, 9.17) is 4.74 Å². The summed E-state index contributed by atoms with van der Waals surface area (Å²) in [4.78, 5) is 7.32. The van der Waals surface area contributed by atoms with Crippen molar-refractivity contribution in [2.75, 3.05) is 26.4 Å². The molecule has 6 heteroatoms. The summed E-state index contributed by atoms with van der Waals surface area (Å²) in [5, 5.41) is 0. The number of hydrogen-bond donors (Lipinski definition) is 0. The normalized spacial score (nSPS) is 16.2. The second-order valence-corrected chi connectivity index (χ2v) is 10.5. The fraction of sp³-hybridized carbons (Fsp3) is 0.458. The van der Waals surface area contributed by atoms with Gasteiger partial charge in [0.15, 0.2) is 0 Å². The van der Waals surface area contributed by atoms with Crippen LogP contribution in [0.4, 0.5) is 5.69 Å². The zero-order valence-electron chi connectivity index (χ0n) is 18.7. The molecule has 1 saturated carbocycles. The Balaban J connectivity index is 1.79. The zero-order chi connectivity index (χ0) is 21.7. The average molecular weight is 428 g/mol. The van der Waals surface area contributed by atoms with Crippen molar-refractivity contribution in [2.45, 2.75) is 44.9 Å². The predicted molar refractivity (Wildman–Crippen MR) is 126 cm³/mol. The van der Waals surface area contributed by atoms with Gasteiger partial charge < -0.3 is 9.64 Å². The lowest BCUT2D eigenvalue weighted by Gasteiger charge is -2.23. The maximum absolute atomic E-state index is 13.1. The van der Waals surface area contributed by atoms with Crippen LogP contribution in [0.15, 0.2) is 50.6 Å². The molecule has 0 aliphatic heterocycles. The summed E-state index contributed by atoms with van der Waals surface area (Å²) >= 11 is 0. The van der Waals surface area contributed by atoms with Gasteiger partial charge >= 0.3 is 0 Å². The SMILES string of the molecule is CCN(C)/C=N\c1cc(C)c(Oc2cccc(S(C)(=O)=NCC3CCC3)c2)cc1C. The molecule has 1 aliphatic carbocycles. The Bertz CT molecular complexity index is 1030. The molecule has 0 saturated heterocycles. The van der Waals surface area contributed by atoms with Crippen molar-refractivity contribution in [3.05, 3.63) is 47.5 Å². The van der Waals surface area contributed by atoms with E-state index >= 15 is 0 Å². The molecule has 162 valence electrons. The number of hydrogen-bond acceptors (Lipinski definition) is 4. The van der Waals surface area contributed by atoms with Crippen molar-refractivity contribution in [1.29, 1.82) is 0 Å². The Kier molecular flexibility index (Phi) is 7.19. The van der Waals surface area contributed by atoms with Crippen LogP contribution in [0.25, 0.3) is 0 Å². The molecule has 2 aromatic rings. The van der Waals surface area contributed by atoms with E-state index in [1.807, 2.05) is 68.5 Å². The summed E-state index contributed by atoms with van der Waals surface area (Å²) < 4.78 is 23.8. The largest absolute Gasteiger partial charge is 0.457 e. The maximum Gasteiger partial charge on any atom is 0.130 e. The molecule has 1 atom stereocenters. The molecule has 30 heavy (non-hydrogen) atoms. The van der Waals surface area contributed by atoms with Crippen LogP contribution in [-0.2, 0) is 9.73 Å². The molecule has 0 amide bonds. The van der Waals surface area contributed by atoms with Gasteiger partial charge in [0.1, 0.15) is 11.5 Å². The van der Waals surface area contributed by atoms with E-state index in [-0.39, 0.29) is 0 Å². The fourth-order valence-electron chi connectivity index (χ4n) is 3.16. The van der Waals surface area contributed by atoms with E-state index in [1.165, 1.54) is 19.3 Å². The topological polar surface area (TPSA) is 54.3 Å². The van der Waals surface area contributed by atoms with Gasteiger partial charge in [0, 0.05) is 19.8 Å². The van der Waals surface area contributed by atoms with Crippen LogP contribution in [0, 0.1) is 19.8 Å². The van der Waals surface area contributed by atoms with Gasteiger partial charge in [0.25, 0.3) is 0 Å². The highest BCUT2D eigenvalue weighted by Crippen LogP contribution is 2.32. The standard InChI is InChI=1S/C24H33N3O2S/c1-6-27(4)17-25-23-13-19(3)24(14-18(23)2)29-21-11-8-12-22(15-21)30(5,28)26-16-20-9-7-10-20/h8,11-15,17,20H,6-7,9-10,16H2,1-5H3/b25-17-. The first-order valence-electron chi connectivity index (χ1n) is 10.6. The Morgan fingerprint density at radius 3 is 2.63 bits per heavy atom. The molecule has 0 spiro atoms. The second kappa shape index (κ2) is 9.65. The highest BCUT2D eigenvalue weighted by atomic mass is 32.2. The Morgan fingerprint density at radius 2 is 1.97 bits per heavy atom. The molecule has 1 aliphatic rings. The maximum atomic E-state index is 13.1. The van der Waals surface area contributed by atoms with Crippen molar-refractivity contribution >= 4 is 21.8 Å². The molecule has 0 N–H and O–H groups in total. The van der Waals surface area contributed by atoms with Crippen LogP contribution in [0.3, 0.4) is 0 Å². The van der Waals surface area contributed by atoms with E-state index in [0.717, 1.165) is 34.0 Å². The number of aryl methyl sites for hydroxylation is 2. The third-order valence-electron chi connectivity index (χ3n) is 5.66. The van der Waals surface area contributed by atoms with Crippen molar-refractivity contribution in [3.63, 3.8) is 0 Å². The lowest BCUT2D eigenvalue weighted by Crippen LogP contribution is -2.15. The number of ether oxygens (including phenoxy) is 1. The second-order valence-electron chi connectivity index (χ2n) is 8.21. The smallest absolute Gasteiger partial charge is 0.130 e. The van der Waals surface area contributed by atoms with Gasteiger partial charge in [-0.15, -0.1) is 0 Å². The Morgan fingerprint density at radius 1 is 1.20 bits per heavy atom. The molecular weight excluding hydrogens is 394 g/mol. The summed E-state index contributed by atoms with van der Waals surface area (Å²) in [5.74, 6) is 2.06. The van der Waals surface area contributed by atoms with E-state index in [0.29, 0.717) is 18.2 Å². The summed E-state index contributed by atoms with van der Waals surface area (Å²) in [6.07, 6.45) is 7.24. The van der Waals surface area contributed by atoms with Gasteiger partial charge in [-0.1, -0.05) is 12.5 Å². The van der Waals surface area contributed by atoms with Gasteiger partial charge in [-0.3, -0.25) is 0 Å². The van der Waals surface area contributed by atoms with Crippen LogP contribution in [0.5, 0.6) is 11.5 Å². The van der Waals surface area contributed by atoms with E-state index < -0.39 is 9.73 Å². The third kappa shape index (κ3) is 5.63. The van der Waals surface area contributed by atoms with Crippen molar-refractivity contribution in [2.24, 2.45) is 15.3 Å². The van der Waals surface area contributed by atoms with Crippen molar-refractivity contribution in [1.82, 2.24) is 4.90 Å². The van der Waals surface area contributed by atoms with Gasteiger partial charge in [-0.2, -0.15) is 0 Å². The average Bonchev–Trinajstić information content (AvgIpc) is 2.68. The molecule has 2 aromatic carbocycles. The van der Waals surface area contributed by atoms with Crippen LogP contribution in [0.1, 0.15) is 37.3 Å². The minimum atomic E-state index is -2.42. The molecule has 0 bridgehead atoms. The number of aliphatic imine (C=N–C) groups is 1. The van der Waals surface area contributed by atoms with E-state index in [9.17, 15) is 4.21 Å². The number of benzene rings is 2. The van der Waals surface area contributed by atoms with Gasteiger partial charge in [-0.25, -0.2) is 13.6 Å². The molecule has 3 rings (SSSR count). The van der Waals surface area contributed by atoms with Gasteiger partial charge in [0.05, 0.1) is 33.2 Å². The third-order valence-corrected chi connectivity index (χ3v) is 7.43. The van der Waals surface area contributed by atoms with Crippen LogP contribution >= 0.6 is 0 Å². The minimum absolute atomic E-state index is 0.606. The monoisotopic (exact) mass is 427 g/mol. The summed E-state index contributed by atoms with van der Waals surface area (Å²) in [7, 11) is -0.418. The first-order chi connectivity index (χ1) is 14.3. The van der Waals surface area contributed by atoms with E-state index in [2.05, 4.69) is 16.3 Å². The van der Waals surface area contributed by atoms with E-state index in [1.54, 1.807) is 6.26 Å². The minimum Gasteiger partial charge on any atom is -0.457 e. The lowest BCUT2D eigenvalue weighted by atomic mass is 9.86. The summed E-state index contributed by atoms with van der Waals surface area (Å²) in [6, 6.07) is 11.5. The summed E-state index contributed by atoms with van der Waals surface area (Å²) in [5.41, 5.74) is 2.98. The molecular formula is C24H33N3O2S. The first-order valence-corrected chi connectivity index (χ1v) is 12.5. The molecule has 1 unspecified atom stereocenters. The van der Waals surface area contributed by atoms with Crippen molar-refractivity contribution < 1.29 is 8.95 Å². The van der Waals surface area contributed by atoms with Crippen LogP contribution in [0.2, 0.25) is 0 Å². The van der Waals surface area contributed by atoms with Crippen LogP contribution < -0.4 is 4.74 Å². The van der Waals surface area contributed by atoms with Crippen molar-refractivity contribution in [3.8, 4) is 11.5 Å². The highest BCUT2D eigenvalue weighted by Gasteiger charge is 2.18. The first kappa shape index (κ1) is 22.3. The predicted octanol–water partition coefficient (Wildman–Crippen LogP) is 5.96. The molecule has 0 aromatic heterocycles. The Labute approximate surface area is 181 Å². The zero-order valence-corrected chi connectivity index (χ0v) is 19.5. The molecule has 5 nitrogen and oxygen atoms in total. The highest BCUT2D eigenvalue weighted by molar-refractivity contribution is 7.93. The fourth-order valence-corrected chi connectivity index (χ4v) is 4.47. The molecule has 1 fully saturated rings. The summed E-state index contributed by atoms with van der Waals surface area (Å²) in [6.45, 7) is 7.72.